The Bertz CT molecular complexity index is 921. The molecule has 2 aromatic rings. The quantitative estimate of drug-likeness (QED) is 0.892. The van der Waals surface area contributed by atoms with E-state index in [4.69, 9.17) is 5.11 Å². The number of benzene rings is 2. The minimum absolute atomic E-state index is 0.00944. The lowest BCUT2D eigenvalue weighted by atomic mass is 10.0. The lowest BCUT2D eigenvalue weighted by Crippen LogP contribution is -2.23. The minimum atomic E-state index is -4.59. The Morgan fingerprint density at radius 1 is 1.08 bits per heavy atom. The Hall–Kier alpha value is -2.39. The highest BCUT2D eigenvalue weighted by Crippen LogP contribution is 2.35. The van der Waals surface area contributed by atoms with Gasteiger partial charge in [-0.2, -0.15) is 13.2 Å². The van der Waals surface area contributed by atoms with Gasteiger partial charge in [0.05, 0.1) is 16.0 Å². The van der Waals surface area contributed by atoms with Gasteiger partial charge in [0.25, 0.3) is 0 Å². The van der Waals surface area contributed by atoms with Crippen LogP contribution in [0.1, 0.15) is 15.9 Å². The molecule has 0 aliphatic rings. The van der Waals surface area contributed by atoms with E-state index >= 15 is 0 Å². The van der Waals surface area contributed by atoms with E-state index in [0.717, 1.165) is 34.6 Å². The molecule has 0 aliphatic heterocycles. The summed E-state index contributed by atoms with van der Waals surface area (Å²) in [6, 6.07) is 7.46. The van der Waals surface area contributed by atoms with Gasteiger partial charge >= 0.3 is 12.1 Å². The molecule has 1 N–H and O–H groups in total. The highest BCUT2D eigenvalue weighted by Gasteiger charge is 2.31. The average Bonchev–Trinajstić information content (AvgIpc) is 2.53. The van der Waals surface area contributed by atoms with Gasteiger partial charge in [-0.05, 0) is 29.8 Å². The number of aromatic carboxylic acids is 1. The first-order chi connectivity index (χ1) is 11.4. The van der Waals surface area contributed by atoms with Crippen molar-refractivity contribution in [2.24, 2.45) is 0 Å². The minimum Gasteiger partial charge on any atom is -0.478 e. The smallest absolute Gasteiger partial charge is 0.416 e. The van der Waals surface area contributed by atoms with Gasteiger partial charge in [-0.3, -0.25) is 0 Å². The zero-order chi connectivity index (χ0) is 19.0. The topological polar surface area (TPSA) is 74.7 Å². The van der Waals surface area contributed by atoms with Crippen LogP contribution < -0.4 is 0 Å². The summed E-state index contributed by atoms with van der Waals surface area (Å²) in [4.78, 5) is 10.7. The van der Waals surface area contributed by atoms with Crippen LogP contribution in [0.4, 0.5) is 13.2 Å². The van der Waals surface area contributed by atoms with Crippen molar-refractivity contribution < 1.29 is 31.5 Å². The van der Waals surface area contributed by atoms with Gasteiger partial charge in [0.1, 0.15) is 0 Å². The summed E-state index contributed by atoms with van der Waals surface area (Å²) >= 11 is 0. The molecule has 0 saturated carbocycles. The molecule has 25 heavy (non-hydrogen) atoms. The fraction of sp³-hybridized carbons (Fsp3) is 0.188. The second-order valence-corrected chi connectivity index (χ2v) is 7.50. The highest BCUT2D eigenvalue weighted by atomic mass is 32.2. The van der Waals surface area contributed by atoms with E-state index < -0.39 is 27.7 Å². The third kappa shape index (κ3) is 3.83. The van der Waals surface area contributed by atoms with Crippen LogP contribution in [-0.2, 0) is 16.2 Å². The standard InChI is InChI=1S/C16H14F3NO4S/c1-20(2)25(23,24)14-9-11(15(21)22)6-7-13(14)10-4-3-5-12(8-10)16(17,18)19/h3-9H,1-2H3,(H,21,22). The van der Waals surface area contributed by atoms with Crippen LogP contribution >= 0.6 is 0 Å². The first-order valence-electron chi connectivity index (χ1n) is 6.92. The van der Waals surface area contributed by atoms with E-state index in [1.807, 2.05) is 0 Å². The second kappa shape index (κ2) is 6.49. The maximum atomic E-state index is 12.9. The van der Waals surface area contributed by atoms with E-state index in [-0.39, 0.29) is 21.6 Å². The van der Waals surface area contributed by atoms with Gasteiger partial charge < -0.3 is 5.11 Å². The molecule has 134 valence electrons. The Morgan fingerprint density at radius 3 is 2.24 bits per heavy atom. The Balaban J connectivity index is 2.76. The average molecular weight is 373 g/mol. The first-order valence-corrected chi connectivity index (χ1v) is 8.36. The van der Waals surface area contributed by atoms with Crippen molar-refractivity contribution in [1.82, 2.24) is 4.31 Å². The summed E-state index contributed by atoms with van der Waals surface area (Å²) in [5, 5.41) is 9.07. The molecular formula is C16H14F3NO4S. The summed E-state index contributed by atoms with van der Waals surface area (Å²) < 4.78 is 64.6. The Morgan fingerprint density at radius 2 is 1.72 bits per heavy atom. The molecule has 0 atom stereocenters. The second-order valence-electron chi connectivity index (χ2n) is 5.38. The van der Waals surface area contributed by atoms with Crippen LogP contribution in [0, 0.1) is 0 Å². The molecule has 0 unspecified atom stereocenters. The van der Waals surface area contributed by atoms with E-state index in [2.05, 4.69) is 0 Å². The molecule has 2 aromatic carbocycles. The fourth-order valence-electron chi connectivity index (χ4n) is 2.17. The van der Waals surface area contributed by atoms with Crippen LogP contribution in [-0.4, -0.2) is 37.9 Å². The monoisotopic (exact) mass is 373 g/mol. The summed E-state index contributed by atoms with van der Waals surface area (Å²) in [7, 11) is -1.57. The van der Waals surface area contributed by atoms with E-state index in [9.17, 15) is 26.4 Å². The van der Waals surface area contributed by atoms with Crippen molar-refractivity contribution >= 4 is 16.0 Å². The normalized spacial score (nSPS) is 12.4. The van der Waals surface area contributed by atoms with Gasteiger partial charge in [-0.1, -0.05) is 18.2 Å². The van der Waals surface area contributed by atoms with Gasteiger partial charge in [-0.15, -0.1) is 0 Å². The predicted molar refractivity (Wildman–Crippen MR) is 84.7 cm³/mol. The number of nitrogens with zero attached hydrogens (tertiary/aromatic N) is 1. The van der Waals surface area contributed by atoms with Gasteiger partial charge in [0.2, 0.25) is 10.0 Å². The molecule has 0 saturated heterocycles. The molecule has 0 spiro atoms. The Labute approximate surface area is 142 Å². The number of hydrogen-bond acceptors (Lipinski definition) is 3. The molecule has 0 amide bonds. The van der Waals surface area contributed by atoms with Crippen molar-refractivity contribution in [1.29, 1.82) is 0 Å². The lowest BCUT2D eigenvalue weighted by Gasteiger charge is -2.17. The molecule has 2 rings (SSSR count). The summed E-state index contributed by atoms with van der Waals surface area (Å²) in [5.41, 5.74) is -1.20. The zero-order valence-corrected chi connectivity index (χ0v) is 14.0. The fourth-order valence-corrected chi connectivity index (χ4v) is 3.30. The number of carboxylic acid groups (broad SMARTS) is 1. The van der Waals surface area contributed by atoms with Crippen molar-refractivity contribution in [3.63, 3.8) is 0 Å². The largest absolute Gasteiger partial charge is 0.478 e. The predicted octanol–water partition coefficient (Wildman–Crippen LogP) is 3.32. The van der Waals surface area contributed by atoms with E-state index in [1.165, 1.54) is 26.2 Å². The SMILES string of the molecule is CN(C)S(=O)(=O)c1cc(C(=O)O)ccc1-c1cccc(C(F)(F)F)c1. The number of hydrogen-bond donors (Lipinski definition) is 1. The first kappa shape index (κ1) is 18.9. The van der Waals surface area contributed by atoms with Gasteiger partial charge in [0, 0.05) is 19.7 Å². The number of sulfonamides is 1. The third-order valence-corrected chi connectivity index (χ3v) is 5.34. The number of alkyl halides is 3. The lowest BCUT2D eigenvalue weighted by molar-refractivity contribution is -0.137. The Kier molecular flexibility index (Phi) is 4.92. The molecule has 0 radical (unpaired) electrons. The van der Waals surface area contributed by atoms with Crippen LogP contribution in [0.3, 0.4) is 0 Å². The molecule has 5 nitrogen and oxygen atoms in total. The van der Waals surface area contributed by atoms with E-state index in [1.54, 1.807) is 0 Å². The summed E-state index contributed by atoms with van der Waals surface area (Å²) in [5.74, 6) is -1.34. The van der Waals surface area contributed by atoms with Gasteiger partial charge in [0.15, 0.2) is 0 Å². The number of rotatable bonds is 4. The van der Waals surface area contributed by atoms with Crippen LogP contribution in [0.15, 0.2) is 47.4 Å². The molecule has 0 bridgehead atoms. The molecule has 0 aliphatic carbocycles. The van der Waals surface area contributed by atoms with Crippen molar-refractivity contribution in [2.45, 2.75) is 11.1 Å². The molecule has 0 fully saturated rings. The van der Waals surface area contributed by atoms with Crippen molar-refractivity contribution in [3.8, 4) is 11.1 Å². The molecule has 0 aromatic heterocycles. The van der Waals surface area contributed by atoms with Crippen LogP contribution in [0.5, 0.6) is 0 Å². The highest BCUT2D eigenvalue weighted by molar-refractivity contribution is 7.89. The maximum absolute atomic E-state index is 12.9. The molecular weight excluding hydrogens is 359 g/mol. The number of carboxylic acids is 1. The summed E-state index contributed by atoms with van der Waals surface area (Å²) in [6.45, 7) is 0. The maximum Gasteiger partial charge on any atom is 0.416 e. The molecule has 9 heteroatoms. The van der Waals surface area contributed by atoms with E-state index in [0.29, 0.717) is 0 Å². The third-order valence-electron chi connectivity index (χ3n) is 3.49. The van der Waals surface area contributed by atoms with Crippen LogP contribution in [0.2, 0.25) is 0 Å². The van der Waals surface area contributed by atoms with Gasteiger partial charge in [-0.25, -0.2) is 17.5 Å². The van der Waals surface area contributed by atoms with Crippen molar-refractivity contribution in [2.75, 3.05) is 14.1 Å². The van der Waals surface area contributed by atoms with Crippen LogP contribution in [0.25, 0.3) is 11.1 Å². The number of carbonyl (C=O) groups is 1. The molecule has 0 heterocycles. The summed E-state index contributed by atoms with van der Waals surface area (Å²) in [6.07, 6.45) is -4.59. The van der Waals surface area contributed by atoms with Crippen molar-refractivity contribution in [3.05, 3.63) is 53.6 Å². The number of halogens is 3. The zero-order valence-electron chi connectivity index (χ0n) is 13.2.